The Hall–Kier alpha value is -3.76. The second-order valence-electron chi connectivity index (χ2n) is 5.78. The maximum Gasteiger partial charge on any atom is 0.270 e. The Kier molecular flexibility index (Phi) is 4.24. The molecule has 0 bridgehead atoms. The summed E-state index contributed by atoms with van der Waals surface area (Å²) >= 11 is 1.46. The number of rotatable bonds is 4. The molecule has 0 aliphatic heterocycles. The van der Waals surface area contributed by atoms with Gasteiger partial charge in [0.2, 0.25) is 0 Å². The van der Waals surface area contributed by atoms with Crippen LogP contribution >= 0.6 is 11.3 Å². The summed E-state index contributed by atoms with van der Waals surface area (Å²) in [6, 6.07) is 20.1. The third kappa shape index (κ3) is 3.34. The van der Waals surface area contributed by atoms with Crippen molar-refractivity contribution in [1.29, 1.82) is 5.26 Å². The van der Waals surface area contributed by atoms with Gasteiger partial charge < -0.3 is 4.98 Å². The van der Waals surface area contributed by atoms with E-state index >= 15 is 0 Å². The molecule has 0 unspecified atom stereocenters. The number of thiophene rings is 1. The van der Waals surface area contributed by atoms with E-state index in [0.717, 1.165) is 26.4 Å². The molecule has 27 heavy (non-hydrogen) atoms. The van der Waals surface area contributed by atoms with Gasteiger partial charge in [-0.2, -0.15) is 5.26 Å². The molecule has 2 heterocycles. The van der Waals surface area contributed by atoms with Gasteiger partial charge in [0.15, 0.2) is 0 Å². The molecule has 0 saturated heterocycles. The molecule has 0 aliphatic carbocycles. The van der Waals surface area contributed by atoms with E-state index in [0.29, 0.717) is 11.4 Å². The predicted octanol–water partition coefficient (Wildman–Crippen LogP) is 5.26. The predicted molar refractivity (Wildman–Crippen MR) is 106 cm³/mol. The van der Waals surface area contributed by atoms with Crippen LogP contribution in [0.2, 0.25) is 0 Å². The molecular weight excluding hydrogens is 360 g/mol. The molecule has 0 atom stereocenters. The molecular formula is C20H12N4O2S. The van der Waals surface area contributed by atoms with Crippen LogP contribution in [0.25, 0.3) is 33.1 Å². The topological polar surface area (TPSA) is 95.6 Å². The lowest BCUT2D eigenvalue weighted by Crippen LogP contribution is -1.87. The van der Waals surface area contributed by atoms with Crippen LogP contribution in [0.3, 0.4) is 0 Å². The van der Waals surface area contributed by atoms with Gasteiger partial charge in [-0.25, -0.2) is 4.98 Å². The summed E-state index contributed by atoms with van der Waals surface area (Å²) in [7, 11) is 0. The Morgan fingerprint density at radius 2 is 2.04 bits per heavy atom. The van der Waals surface area contributed by atoms with Crippen LogP contribution in [0.4, 0.5) is 5.69 Å². The number of para-hydroxylation sites is 2. The Morgan fingerprint density at radius 3 is 2.81 bits per heavy atom. The van der Waals surface area contributed by atoms with Gasteiger partial charge in [-0.3, -0.25) is 10.1 Å². The molecule has 130 valence electrons. The maximum absolute atomic E-state index is 11.0. The first-order valence-corrected chi connectivity index (χ1v) is 8.87. The van der Waals surface area contributed by atoms with E-state index in [1.54, 1.807) is 18.2 Å². The standard InChI is InChI=1S/C20H12N4O2S/c21-12-14(20-22-17-6-1-2-7-18(17)23-20)11-16-8-9-19(27-16)13-4-3-5-15(10-13)24(25)26/h1-11H,(H,22,23)/b14-11-. The van der Waals surface area contributed by atoms with Crippen LogP contribution in [0.15, 0.2) is 60.7 Å². The first kappa shape index (κ1) is 16.7. The number of hydrogen-bond acceptors (Lipinski definition) is 5. The lowest BCUT2D eigenvalue weighted by Gasteiger charge is -1.97. The number of non-ortho nitro benzene ring substituents is 1. The minimum absolute atomic E-state index is 0.0537. The van der Waals surface area contributed by atoms with E-state index in [4.69, 9.17) is 0 Å². The van der Waals surface area contributed by atoms with E-state index in [-0.39, 0.29) is 5.69 Å². The van der Waals surface area contributed by atoms with Crippen molar-refractivity contribution in [3.63, 3.8) is 0 Å². The highest BCUT2D eigenvalue weighted by atomic mass is 32.1. The molecule has 4 aromatic rings. The number of nitrogens with zero attached hydrogens (tertiary/aromatic N) is 3. The fourth-order valence-electron chi connectivity index (χ4n) is 2.73. The molecule has 0 aliphatic rings. The number of imidazole rings is 1. The van der Waals surface area contributed by atoms with E-state index in [1.165, 1.54) is 17.4 Å². The molecule has 1 N–H and O–H groups in total. The third-order valence-electron chi connectivity index (χ3n) is 4.02. The fourth-order valence-corrected chi connectivity index (χ4v) is 3.68. The number of H-pyrrole nitrogens is 1. The van der Waals surface area contributed by atoms with Crippen LogP contribution in [-0.2, 0) is 0 Å². The van der Waals surface area contributed by atoms with Crippen molar-refractivity contribution in [2.45, 2.75) is 0 Å². The van der Waals surface area contributed by atoms with Crippen molar-refractivity contribution < 1.29 is 4.92 Å². The zero-order valence-corrected chi connectivity index (χ0v) is 14.7. The van der Waals surface area contributed by atoms with E-state index < -0.39 is 4.92 Å². The van der Waals surface area contributed by atoms with Gasteiger partial charge in [-0.05, 0) is 35.9 Å². The number of allylic oxidation sites excluding steroid dienone is 1. The first-order valence-electron chi connectivity index (χ1n) is 8.05. The minimum Gasteiger partial charge on any atom is -0.337 e. The summed E-state index contributed by atoms with van der Waals surface area (Å²) < 4.78 is 0. The number of nitro benzene ring substituents is 1. The minimum atomic E-state index is -0.409. The molecule has 0 spiro atoms. The Balaban J connectivity index is 1.68. The van der Waals surface area contributed by atoms with Crippen LogP contribution in [0, 0.1) is 21.4 Å². The van der Waals surface area contributed by atoms with Crippen molar-refractivity contribution in [3.8, 4) is 16.5 Å². The lowest BCUT2D eigenvalue weighted by molar-refractivity contribution is -0.384. The van der Waals surface area contributed by atoms with Gasteiger partial charge in [0.1, 0.15) is 11.9 Å². The summed E-state index contributed by atoms with van der Waals surface area (Å²) in [4.78, 5) is 19.9. The van der Waals surface area contributed by atoms with Crippen molar-refractivity contribution in [2.24, 2.45) is 0 Å². The normalized spacial score (nSPS) is 11.4. The van der Waals surface area contributed by atoms with Crippen LogP contribution in [0.5, 0.6) is 0 Å². The summed E-state index contributed by atoms with van der Waals surface area (Å²) in [5.41, 5.74) is 2.93. The summed E-state index contributed by atoms with van der Waals surface area (Å²) in [6.07, 6.45) is 1.77. The van der Waals surface area contributed by atoms with E-state index in [2.05, 4.69) is 16.0 Å². The highest BCUT2D eigenvalue weighted by Crippen LogP contribution is 2.32. The van der Waals surface area contributed by atoms with Crippen molar-refractivity contribution in [1.82, 2.24) is 9.97 Å². The second-order valence-corrected chi connectivity index (χ2v) is 6.90. The number of hydrogen-bond donors (Lipinski definition) is 1. The monoisotopic (exact) mass is 372 g/mol. The SMILES string of the molecule is N#C/C(=C/c1ccc(-c2cccc([N+](=O)[O-])c2)s1)c1nc2ccccc2[nH]1. The van der Waals surface area contributed by atoms with Crippen LogP contribution in [-0.4, -0.2) is 14.9 Å². The molecule has 0 amide bonds. The van der Waals surface area contributed by atoms with Gasteiger partial charge in [0.05, 0.1) is 21.5 Å². The Bertz CT molecular complexity index is 1200. The molecule has 6 nitrogen and oxygen atoms in total. The third-order valence-corrected chi connectivity index (χ3v) is 5.10. The molecule has 2 aromatic carbocycles. The highest BCUT2D eigenvalue weighted by Gasteiger charge is 2.11. The molecule has 7 heteroatoms. The zero-order valence-electron chi connectivity index (χ0n) is 13.9. The molecule has 0 fully saturated rings. The maximum atomic E-state index is 11.0. The summed E-state index contributed by atoms with van der Waals surface area (Å²) in [6.45, 7) is 0. The van der Waals surface area contributed by atoms with E-state index in [9.17, 15) is 15.4 Å². The quantitative estimate of drug-likeness (QED) is 0.300. The van der Waals surface area contributed by atoms with Gasteiger partial charge in [-0.15, -0.1) is 11.3 Å². The van der Waals surface area contributed by atoms with E-state index in [1.807, 2.05) is 42.5 Å². The van der Waals surface area contributed by atoms with Crippen LogP contribution in [0.1, 0.15) is 10.7 Å². The highest BCUT2D eigenvalue weighted by molar-refractivity contribution is 7.16. The number of nitro groups is 1. The average molecular weight is 372 g/mol. The zero-order chi connectivity index (χ0) is 18.8. The molecule has 0 saturated carbocycles. The smallest absolute Gasteiger partial charge is 0.270 e. The Labute approximate surface area is 158 Å². The Morgan fingerprint density at radius 1 is 1.19 bits per heavy atom. The second kappa shape index (κ2) is 6.86. The van der Waals surface area contributed by atoms with Crippen molar-refractivity contribution in [2.75, 3.05) is 0 Å². The van der Waals surface area contributed by atoms with Gasteiger partial charge in [-0.1, -0.05) is 24.3 Å². The lowest BCUT2D eigenvalue weighted by atomic mass is 10.1. The fraction of sp³-hybridized carbons (Fsp3) is 0. The largest absolute Gasteiger partial charge is 0.337 e. The first-order chi connectivity index (χ1) is 13.1. The average Bonchev–Trinajstić information content (AvgIpc) is 3.33. The molecule has 0 radical (unpaired) electrons. The number of aromatic amines is 1. The van der Waals surface area contributed by atoms with Gasteiger partial charge in [0.25, 0.3) is 5.69 Å². The number of benzene rings is 2. The molecule has 2 aromatic heterocycles. The van der Waals surface area contributed by atoms with Gasteiger partial charge >= 0.3 is 0 Å². The van der Waals surface area contributed by atoms with Crippen LogP contribution < -0.4 is 0 Å². The summed E-state index contributed by atoms with van der Waals surface area (Å²) in [5, 5.41) is 20.5. The summed E-state index contributed by atoms with van der Waals surface area (Å²) in [5.74, 6) is 0.518. The van der Waals surface area contributed by atoms with Crippen molar-refractivity contribution >= 4 is 39.7 Å². The number of nitrogens with one attached hydrogen (secondary N) is 1. The number of nitriles is 1. The number of aromatic nitrogens is 2. The number of fused-ring (bicyclic) bond motifs is 1. The van der Waals surface area contributed by atoms with Crippen molar-refractivity contribution in [3.05, 3.63) is 81.5 Å². The molecule has 4 rings (SSSR count). The van der Waals surface area contributed by atoms with Gasteiger partial charge in [0, 0.05) is 21.9 Å².